The Balaban J connectivity index is 1.53. The first kappa shape index (κ1) is 22.1. The van der Waals surface area contributed by atoms with Crippen molar-refractivity contribution in [2.24, 2.45) is 5.92 Å². The molecule has 2 atom stereocenters. The molecule has 1 aromatic carbocycles. The Morgan fingerprint density at radius 3 is 2.17 bits per heavy atom. The smallest absolute Gasteiger partial charge is 0.341 e. The van der Waals surface area contributed by atoms with Crippen LogP contribution in [0.3, 0.4) is 0 Å². The Hall–Kier alpha value is -1.58. The average molecular weight is 431 g/mol. The number of halogens is 2. The van der Waals surface area contributed by atoms with E-state index in [1.54, 1.807) is 4.90 Å². The fourth-order valence-electron chi connectivity index (χ4n) is 4.19. The molecule has 29 heavy (non-hydrogen) atoms. The monoisotopic (exact) mass is 430 g/mol. The van der Waals surface area contributed by atoms with Crippen molar-refractivity contribution >= 4 is 15.7 Å². The fourth-order valence-corrected chi connectivity index (χ4v) is 4.91. The third-order valence-corrected chi connectivity index (χ3v) is 6.98. The molecule has 0 aliphatic carbocycles. The lowest BCUT2D eigenvalue weighted by atomic mass is 9.95. The summed E-state index contributed by atoms with van der Waals surface area (Å²) in [5, 5.41) is 0. The molecule has 0 radical (unpaired) electrons. The van der Waals surface area contributed by atoms with E-state index in [0.29, 0.717) is 24.6 Å². The quantitative estimate of drug-likeness (QED) is 0.719. The summed E-state index contributed by atoms with van der Waals surface area (Å²) in [5.41, 5.74) is 0.312. The maximum atomic E-state index is 12.7. The van der Waals surface area contributed by atoms with Gasteiger partial charge in [-0.1, -0.05) is 0 Å². The van der Waals surface area contributed by atoms with Crippen LogP contribution in [-0.2, 0) is 14.6 Å². The number of benzene rings is 1. The molecule has 162 valence electrons. The highest BCUT2D eigenvalue weighted by atomic mass is 32.2. The van der Waals surface area contributed by atoms with Gasteiger partial charge in [-0.3, -0.25) is 9.69 Å². The molecule has 0 aromatic heterocycles. The van der Waals surface area contributed by atoms with Crippen LogP contribution < -0.4 is 0 Å². The number of nitrogens with zero attached hydrogens (tertiary/aromatic N) is 2. The lowest BCUT2D eigenvalue weighted by Crippen LogP contribution is -2.48. The van der Waals surface area contributed by atoms with Gasteiger partial charge in [-0.25, -0.2) is 8.42 Å². The van der Waals surface area contributed by atoms with Crippen LogP contribution in [0.5, 0.6) is 0 Å². The number of likely N-dealkylation sites (tertiary alicyclic amines) is 1. The molecule has 0 N–H and O–H groups in total. The Labute approximate surface area is 170 Å². The van der Waals surface area contributed by atoms with Crippen LogP contribution >= 0.6 is 0 Å². The van der Waals surface area contributed by atoms with Crippen molar-refractivity contribution in [2.75, 3.05) is 32.7 Å². The van der Waals surface area contributed by atoms with Crippen molar-refractivity contribution in [3.8, 4) is 0 Å². The van der Waals surface area contributed by atoms with Crippen LogP contribution in [-0.4, -0.2) is 74.8 Å². The SMILES string of the molecule is CC1CN(CC2CCN(C(=O)c3ccc(S(=O)(=O)C(F)F)cc3)CC2)CC(C)O1. The number of morpholine rings is 1. The van der Waals surface area contributed by atoms with E-state index in [9.17, 15) is 22.0 Å². The second-order valence-corrected chi connectivity index (χ2v) is 9.96. The number of amides is 1. The van der Waals surface area contributed by atoms with Crippen molar-refractivity contribution in [1.29, 1.82) is 0 Å². The van der Waals surface area contributed by atoms with Crippen LogP contribution in [0.25, 0.3) is 0 Å². The van der Waals surface area contributed by atoms with Gasteiger partial charge in [0, 0.05) is 38.3 Å². The molecule has 1 aromatic rings. The molecule has 0 bridgehead atoms. The van der Waals surface area contributed by atoms with Crippen LogP contribution in [0.15, 0.2) is 29.2 Å². The summed E-state index contributed by atoms with van der Waals surface area (Å²) in [4.78, 5) is 16.4. The van der Waals surface area contributed by atoms with Gasteiger partial charge in [0.05, 0.1) is 17.1 Å². The van der Waals surface area contributed by atoms with E-state index >= 15 is 0 Å². The summed E-state index contributed by atoms with van der Waals surface area (Å²) in [6, 6.07) is 4.75. The molecule has 0 spiro atoms. The fraction of sp³-hybridized carbons (Fsp3) is 0.650. The van der Waals surface area contributed by atoms with Gasteiger partial charge in [0.1, 0.15) is 0 Å². The second kappa shape index (κ2) is 9.06. The number of hydrogen-bond acceptors (Lipinski definition) is 5. The Bertz CT molecular complexity index is 798. The van der Waals surface area contributed by atoms with Gasteiger partial charge in [0.25, 0.3) is 5.91 Å². The number of sulfone groups is 1. The van der Waals surface area contributed by atoms with Crippen molar-refractivity contribution in [3.63, 3.8) is 0 Å². The molecule has 2 fully saturated rings. The van der Waals surface area contributed by atoms with Gasteiger partial charge in [-0.05, 0) is 56.9 Å². The number of carbonyl (C=O) groups excluding carboxylic acids is 1. The molecule has 2 unspecified atom stereocenters. The molecule has 2 aliphatic rings. The summed E-state index contributed by atoms with van der Waals surface area (Å²) < 4.78 is 54.0. The molecular formula is C20H28F2N2O4S. The molecule has 3 rings (SSSR count). The lowest BCUT2D eigenvalue weighted by Gasteiger charge is -2.39. The first-order chi connectivity index (χ1) is 13.7. The Morgan fingerprint density at radius 2 is 1.66 bits per heavy atom. The van der Waals surface area contributed by atoms with E-state index in [1.807, 2.05) is 0 Å². The van der Waals surface area contributed by atoms with Gasteiger partial charge in [0.2, 0.25) is 9.84 Å². The van der Waals surface area contributed by atoms with E-state index in [2.05, 4.69) is 18.7 Å². The number of carbonyl (C=O) groups is 1. The van der Waals surface area contributed by atoms with Gasteiger partial charge < -0.3 is 9.64 Å². The minimum Gasteiger partial charge on any atom is -0.373 e. The van der Waals surface area contributed by atoms with E-state index in [-0.39, 0.29) is 18.1 Å². The van der Waals surface area contributed by atoms with Crippen molar-refractivity contribution in [1.82, 2.24) is 9.80 Å². The zero-order valence-electron chi connectivity index (χ0n) is 16.8. The van der Waals surface area contributed by atoms with Gasteiger partial charge >= 0.3 is 5.76 Å². The highest BCUT2D eigenvalue weighted by Gasteiger charge is 2.29. The molecule has 2 heterocycles. The number of hydrogen-bond donors (Lipinski definition) is 0. The van der Waals surface area contributed by atoms with Crippen LogP contribution in [0, 0.1) is 5.92 Å². The average Bonchev–Trinajstić information content (AvgIpc) is 2.67. The topological polar surface area (TPSA) is 66.9 Å². The zero-order chi connectivity index (χ0) is 21.2. The molecule has 6 nitrogen and oxygen atoms in total. The second-order valence-electron chi connectivity index (χ2n) is 8.04. The van der Waals surface area contributed by atoms with Crippen LogP contribution in [0.4, 0.5) is 8.78 Å². The van der Waals surface area contributed by atoms with E-state index < -0.39 is 20.5 Å². The maximum Gasteiger partial charge on any atom is 0.341 e. The maximum absolute atomic E-state index is 12.7. The minimum atomic E-state index is -4.65. The van der Waals surface area contributed by atoms with Crippen molar-refractivity contribution in [2.45, 2.75) is 49.6 Å². The van der Waals surface area contributed by atoms with Crippen LogP contribution in [0.2, 0.25) is 0 Å². The summed E-state index contributed by atoms with van der Waals surface area (Å²) in [7, 11) is -4.65. The number of rotatable bonds is 5. The third-order valence-electron chi connectivity index (χ3n) is 5.58. The number of ether oxygens (including phenoxy) is 1. The molecular weight excluding hydrogens is 402 g/mol. The summed E-state index contributed by atoms with van der Waals surface area (Å²) in [5.74, 6) is -3.14. The van der Waals surface area contributed by atoms with Crippen molar-refractivity contribution in [3.05, 3.63) is 29.8 Å². The third kappa shape index (κ3) is 5.32. The highest BCUT2D eigenvalue weighted by Crippen LogP contribution is 2.23. The summed E-state index contributed by atoms with van der Waals surface area (Å²) >= 11 is 0. The predicted molar refractivity (Wildman–Crippen MR) is 105 cm³/mol. The molecule has 1 amide bonds. The lowest BCUT2D eigenvalue weighted by molar-refractivity contribution is -0.0728. The van der Waals surface area contributed by atoms with E-state index in [0.717, 1.165) is 44.6 Å². The molecule has 9 heteroatoms. The first-order valence-electron chi connectivity index (χ1n) is 9.96. The van der Waals surface area contributed by atoms with Gasteiger partial charge in [-0.15, -0.1) is 0 Å². The van der Waals surface area contributed by atoms with Gasteiger partial charge in [0.15, 0.2) is 0 Å². The highest BCUT2D eigenvalue weighted by molar-refractivity contribution is 7.91. The van der Waals surface area contributed by atoms with Gasteiger partial charge in [-0.2, -0.15) is 8.78 Å². The number of alkyl halides is 2. The van der Waals surface area contributed by atoms with E-state index in [4.69, 9.17) is 4.74 Å². The summed E-state index contributed by atoms with van der Waals surface area (Å²) in [6.45, 7) is 8.30. The Morgan fingerprint density at radius 1 is 1.10 bits per heavy atom. The molecule has 2 aliphatic heterocycles. The predicted octanol–water partition coefficient (Wildman–Crippen LogP) is 2.64. The minimum absolute atomic E-state index is 0.196. The summed E-state index contributed by atoms with van der Waals surface area (Å²) in [6.07, 6.45) is 2.28. The first-order valence-corrected chi connectivity index (χ1v) is 11.5. The zero-order valence-corrected chi connectivity index (χ0v) is 17.6. The normalized spacial score (nSPS) is 24.8. The molecule has 0 saturated carbocycles. The standard InChI is InChI=1S/C20H28F2N2O4S/c1-14-11-23(12-15(2)28-14)13-16-7-9-24(10-8-16)19(25)17-3-5-18(6-4-17)29(26,27)20(21)22/h3-6,14-16,20H,7-13H2,1-2H3. The molecule has 2 saturated heterocycles. The number of piperidine rings is 1. The van der Waals surface area contributed by atoms with Crippen molar-refractivity contribution < 1.29 is 26.7 Å². The van der Waals surface area contributed by atoms with Crippen LogP contribution in [0.1, 0.15) is 37.0 Å². The van der Waals surface area contributed by atoms with E-state index in [1.165, 1.54) is 12.1 Å². The largest absolute Gasteiger partial charge is 0.373 e. The Kier molecular flexibility index (Phi) is 6.90.